The SMILES string of the molecule is c1ccc([As](CCN(CCN(CC[As](c2ccccc2)c2ccccc2)CC[As](c2ccccc2)c2ccccc2)CC[As](c2ccccc2)c2ccccc2)c2ccccc2)cc1. The first-order valence-electron chi connectivity index (χ1n) is 22.7. The molecule has 0 atom stereocenters. The van der Waals surface area contributed by atoms with Gasteiger partial charge in [0, 0.05) is 0 Å². The number of nitrogens with zero attached hydrogens (tertiary/aromatic N) is 2. The molecule has 6 heteroatoms. The van der Waals surface area contributed by atoms with E-state index < -0.39 is 58.6 Å². The third-order valence-electron chi connectivity index (χ3n) is 11.8. The van der Waals surface area contributed by atoms with Crippen LogP contribution >= 0.6 is 0 Å². The summed E-state index contributed by atoms with van der Waals surface area (Å²) in [4.78, 5) is 5.78. The summed E-state index contributed by atoms with van der Waals surface area (Å²) in [5.41, 5.74) is 0. The van der Waals surface area contributed by atoms with Gasteiger partial charge in [-0.2, -0.15) is 0 Å². The molecule has 0 heterocycles. The van der Waals surface area contributed by atoms with Crippen molar-refractivity contribution in [2.75, 3.05) is 39.3 Å². The second-order valence-electron chi connectivity index (χ2n) is 16.0. The molecule has 8 rings (SSSR count). The molecule has 0 fully saturated rings. The molecule has 0 aromatic heterocycles. The van der Waals surface area contributed by atoms with Crippen LogP contribution in [0.3, 0.4) is 0 Å². The van der Waals surface area contributed by atoms with Crippen LogP contribution in [0.25, 0.3) is 0 Å². The summed E-state index contributed by atoms with van der Waals surface area (Å²) in [6.07, 6.45) is 0. The molecule has 322 valence electrons. The maximum atomic E-state index is 2.89. The quantitative estimate of drug-likeness (QED) is 0.0650. The van der Waals surface area contributed by atoms with Gasteiger partial charge in [0.2, 0.25) is 0 Å². The van der Waals surface area contributed by atoms with E-state index in [1.54, 1.807) is 34.8 Å². The normalized spacial score (nSPS) is 11.7. The molecule has 0 saturated carbocycles. The molecule has 0 aliphatic heterocycles. The Hall–Kier alpha value is -4.09. The Morgan fingerprint density at radius 2 is 0.328 bits per heavy atom. The van der Waals surface area contributed by atoms with Crippen molar-refractivity contribution in [3.63, 3.8) is 0 Å². The predicted octanol–water partition coefficient (Wildman–Crippen LogP) is 6.83. The van der Waals surface area contributed by atoms with Gasteiger partial charge in [-0.1, -0.05) is 0 Å². The van der Waals surface area contributed by atoms with E-state index in [2.05, 4.69) is 252 Å². The standard InChI is InChI=1S/C58H60As4N2/c1-9-25-51(26-10-1)59(52-27-11-2-12-28-52)41-45-63(46-42-60(53-29-13-3-14-30-53)54-31-15-4-16-32-54)49-50-64(47-43-61(55-33-17-5-18-34-55)56-35-19-6-20-36-56)48-44-62(57-37-21-7-22-38-57)58-39-23-8-24-40-58/h1-40H,41-50H2. The number of hydrogen-bond acceptors (Lipinski definition) is 2. The van der Waals surface area contributed by atoms with E-state index in [-0.39, 0.29) is 0 Å². The van der Waals surface area contributed by atoms with Crippen molar-refractivity contribution >= 4 is 93.4 Å². The molecule has 0 amide bonds. The number of hydrogen-bond donors (Lipinski definition) is 0. The van der Waals surface area contributed by atoms with Gasteiger partial charge in [0.25, 0.3) is 0 Å². The van der Waals surface area contributed by atoms with Gasteiger partial charge in [0.1, 0.15) is 0 Å². The van der Waals surface area contributed by atoms with Crippen LogP contribution in [-0.4, -0.2) is 108 Å². The first-order valence-corrected chi connectivity index (χ1v) is 35.6. The van der Waals surface area contributed by atoms with E-state index in [4.69, 9.17) is 0 Å². The first kappa shape index (κ1) is 46.4. The second-order valence-corrected chi connectivity index (χ2v) is 35.6. The molecule has 2 nitrogen and oxygen atoms in total. The molecule has 0 aliphatic carbocycles. The Balaban J connectivity index is 1.08. The fourth-order valence-electron chi connectivity index (χ4n) is 8.41. The van der Waals surface area contributed by atoms with Gasteiger partial charge in [0.15, 0.2) is 0 Å². The molecule has 64 heavy (non-hydrogen) atoms. The van der Waals surface area contributed by atoms with Crippen LogP contribution in [0, 0.1) is 0 Å². The molecule has 0 radical (unpaired) electrons. The third-order valence-corrected chi connectivity index (χ3v) is 32.7. The Morgan fingerprint density at radius 1 is 0.188 bits per heavy atom. The summed E-state index contributed by atoms with van der Waals surface area (Å²) in [5.74, 6) is 0. The maximum absolute atomic E-state index is 2.89. The van der Waals surface area contributed by atoms with E-state index in [9.17, 15) is 0 Å². The summed E-state index contributed by atoms with van der Waals surface area (Å²) >= 11 is -6.16. The van der Waals surface area contributed by atoms with E-state index in [1.807, 2.05) is 0 Å². The van der Waals surface area contributed by atoms with Crippen molar-refractivity contribution in [2.45, 2.75) is 20.8 Å². The molecule has 0 unspecified atom stereocenters. The van der Waals surface area contributed by atoms with Gasteiger partial charge in [-0.3, -0.25) is 0 Å². The van der Waals surface area contributed by atoms with Crippen LogP contribution in [0.4, 0.5) is 0 Å². The van der Waals surface area contributed by atoms with E-state index in [0.717, 1.165) is 39.3 Å². The van der Waals surface area contributed by atoms with Crippen molar-refractivity contribution in [1.29, 1.82) is 0 Å². The van der Waals surface area contributed by atoms with Gasteiger partial charge in [-0.15, -0.1) is 0 Å². The summed E-state index contributed by atoms with van der Waals surface area (Å²) < 4.78 is 12.4. The molecular formula is C58H60As4N2. The van der Waals surface area contributed by atoms with Crippen LogP contribution in [-0.2, 0) is 0 Å². The average molecular weight is 1080 g/mol. The zero-order chi connectivity index (χ0) is 43.4. The van der Waals surface area contributed by atoms with E-state index in [1.165, 1.54) is 20.8 Å². The van der Waals surface area contributed by atoms with Gasteiger partial charge in [0.05, 0.1) is 0 Å². The molecular weight excluding hydrogens is 1020 g/mol. The summed E-state index contributed by atoms with van der Waals surface area (Å²) in [6.45, 7) is 6.68. The van der Waals surface area contributed by atoms with Crippen molar-refractivity contribution < 1.29 is 0 Å². The molecule has 0 spiro atoms. The zero-order valence-electron chi connectivity index (χ0n) is 36.8. The minimum absolute atomic E-state index is 1.09. The Labute approximate surface area is 402 Å². The monoisotopic (exact) mass is 1080 g/mol. The topological polar surface area (TPSA) is 6.48 Å². The Bertz CT molecular complexity index is 1960. The van der Waals surface area contributed by atoms with Crippen molar-refractivity contribution in [3.8, 4) is 0 Å². The van der Waals surface area contributed by atoms with Gasteiger partial charge >= 0.3 is 406 Å². The van der Waals surface area contributed by atoms with E-state index in [0.29, 0.717) is 0 Å². The average Bonchev–Trinajstić information content (AvgIpc) is 3.38. The van der Waals surface area contributed by atoms with Crippen molar-refractivity contribution in [1.82, 2.24) is 9.80 Å². The summed E-state index contributed by atoms with van der Waals surface area (Å²) in [7, 11) is 0. The summed E-state index contributed by atoms with van der Waals surface area (Å²) in [5, 5.41) is 4.94. The molecule has 8 aromatic carbocycles. The number of benzene rings is 8. The van der Waals surface area contributed by atoms with Crippen LogP contribution in [0.5, 0.6) is 0 Å². The van der Waals surface area contributed by atoms with Crippen molar-refractivity contribution in [3.05, 3.63) is 243 Å². The molecule has 8 aromatic rings. The second kappa shape index (κ2) is 25.6. The van der Waals surface area contributed by atoms with Gasteiger partial charge < -0.3 is 0 Å². The Kier molecular flexibility index (Phi) is 18.6. The first-order chi connectivity index (χ1) is 31.8. The molecule has 0 bridgehead atoms. The van der Waals surface area contributed by atoms with Gasteiger partial charge in [-0.25, -0.2) is 0 Å². The van der Waals surface area contributed by atoms with Crippen LogP contribution in [0.15, 0.2) is 243 Å². The molecule has 0 aliphatic rings. The van der Waals surface area contributed by atoms with Crippen LogP contribution < -0.4 is 34.8 Å². The Morgan fingerprint density at radius 3 is 0.469 bits per heavy atom. The van der Waals surface area contributed by atoms with Crippen molar-refractivity contribution in [2.24, 2.45) is 0 Å². The van der Waals surface area contributed by atoms with E-state index >= 15 is 0 Å². The van der Waals surface area contributed by atoms with Gasteiger partial charge in [-0.05, 0) is 0 Å². The molecule has 0 N–H and O–H groups in total. The third kappa shape index (κ3) is 13.7. The predicted molar refractivity (Wildman–Crippen MR) is 284 cm³/mol. The zero-order valence-corrected chi connectivity index (χ0v) is 44.4. The van der Waals surface area contributed by atoms with Crippen LogP contribution in [0.2, 0.25) is 20.8 Å². The minimum atomic E-state index is -1.54. The molecule has 0 saturated heterocycles. The van der Waals surface area contributed by atoms with Crippen LogP contribution in [0.1, 0.15) is 0 Å². The number of rotatable bonds is 23. The summed E-state index contributed by atoms with van der Waals surface area (Å²) in [6, 6.07) is 91.6. The fraction of sp³-hybridized carbons (Fsp3) is 0.172. The fourth-order valence-corrected chi connectivity index (χ4v) is 28.2.